The zero-order chi connectivity index (χ0) is 12.7. The second-order valence-corrected chi connectivity index (χ2v) is 4.31. The second kappa shape index (κ2) is 7.24. The van der Waals surface area contributed by atoms with Crippen molar-refractivity contribution in [2.45, 2.75) is 27.3 Å². The van der Waals surface area contributed by atoms with Crippen molar-refractivity contribution in [3.05, 3.63) is 5.89 Å². The third-order valence-corrected chi connectivity index (χ3v) is 2.31. The molecule has 0 atom stereocenters. The van der Waals surface area contributed by atoms with Gasteiger partial charge in [0.05, 0.1) is 13.2 Å². The Morgan fingerprint density at radius 2 is 2.18 bits per heavy atom. The van der Waals surface area contributed by atoms with E-state index in [1.165, 1.54) is 0 Å². The van der Waals surface area contributed by atoms with E-state index in [2.05, 4.69) is 29.4 Å². The predicted molar refractivity (Wildman–Crippen MR) is 65.8 cm³/mol. The van der Waals surface area contributed by atoms with Crippen molar-refractivity contribution in [2.75, 3.05) is 31.1 Å². The van der Waals surface area contributed by atoms with Gasteiger partial charge in [-0.2, -0.15) is 0 Å². The number of hydrogen-bond donors (Lipinski definition) is 2. The fourth-order valence-corrected chi connectivity index (χ4v) is 1.42. The molecule has 1 heterocycles. The summed E-state index contributed by atoms with van der Waals surface area (Å²) in [5, 5.41) is 20.1. The van der Waals surface area contributed by atoms with Gasteiger partial charge in [-0.25, -0.2) is 0 Å². The lowest BCUT2D eigenvalue weighted by Gasteiger charge is -2.15. The number of aliphatic hydroxyl groups excluding tert-OH is 1. The number of aliphatic hydroxyl groups is 1. The van der Waals surface area contributed by atoms with E-state index >= 15 is 0 Å². The van der Waals surface area contributed by atoms with Gasteiger partial charge in [0.15, 0.2) is 0 Å². The SMILES string of the molecule is CCN(CCO)c1nnc(CNCC(C)C)o1. The summed E-state index contributed by atoms with van der Waals surface area (Å²) in [5.74, 6) is 1.18. The number of nitrogens with zero attached hydrogens (tertiary/aromatic N) is 3. The number of likely N-dealkylation sites (N-methyl/N-ethyl adjacent to an activating group) is 1. The van der Waals surface area contributed by atoms with Crippen molar-refractivity contribution < 1.29 is 9.52 Å². The lowest BCUT2D eigenvalue weighted by atomic mass is 10.2. The normalized spacial score (nSPS) is 11.1. The molecule has 0 aromatic carbocycles. The Balaban J connectivity index is 2.46. The van der Waals surface area contributed by atoms with Crippen LogP contribution >= 0.6 is 0 Å². The van der Waals surface area contributed by atoms with Crippen LogP contribution in [-0.2, 0) is 6.54 Å². The molecule has 1 aromatic heterocycles. The molecule has 0 spiro atoms. The maximum absolute atomic E-state index is 8.89. The third kappa shape index (κ3) is 4.70. The maximum atomic E-state index is 8.89. The molecule has 98 valence electrons. The molecule has 0 aliphatic carbocycles. The smallest absolute Gasteiger partial charge is 0.318 e. The molecule has 0 unspecified atom stereocenters. The first-order valence-corrected chi connectivity index (χ1v) is 6.06. The molecule has 2 N–H and O–H groups in total. The van der Waals surface area contributed by atoms with E-state index in [0.717, 1.165) is 13.1 Å². The van der Waals surface area contributed by atoms with Crippen LogP contribution in [0.15, 0.2) is 4.42 Å². The molecule has 1 rings (SSSR count). The number of nitrogens with one attached hydrogen (secondary N) is 1. The van der Waals surface area contributed by atoms with E-state index in [4.69, 9.17) is 9.52 Å². The van der Waals surface area contributed by atoms with E-state index in [-0.39, 0.29) is 6.61 Å². The quantitative estimate of drug-likeness (QED) is 0.696. The van der Waals surface area contributed by atoms with Gasteiger partial charge in [-0.1, -0.05) is 18.9 Å². The van der Waals surface area contributed by atoms with Crippen LogP contribution in [0.4, 0.5) is 6.01 Å². The summed E-state index contributed by atoms with van der Waals surface area (Å²) in [6.07, 6.45) is 0. The van der Waals surface area contributed by atoms with Crippen LogP contribution in [0.3, 0.4) is 0 Å². The highest BCUT2D eigenvalue weighted by Crippen LogP contribution is 2.11. The van der Waals surface area contributed by atoms with Gasteiger partial charge in [0.25, 0.3) is 0 Å². The zero-order valence-electron chi connectivity index (χ0n) is 10.8. The lowest BCUT2D eigenvalue weighted by molar-refractivity contribution is 0.298. The minimum atomic E-state index is 0.0805. The topological polar surface area (TPSA) is 74.4 Å². The van der Waals surface area contributed by atoms with Gasteiger partial charge in [-0.05, 0) is 19.4 Å². The summed E-state index contributed by atoms with van der Waals surface area (Å²) in [7, 11) is 0. The molecule has 0 aliphatic rings. The van der Waals surface area contributed by atoms with Crippen molar-refractivity contribution >= 4 is 6.01 Å². The summed E-state index contributed by atoms with van der Waals surface area (Å²) in [5.41, 5.74) is 0. The van der Waals surface area contributed by atoms with Crippen LogP contribution in [0.2, 0.25) is 0 Å². The number of hydrogen-bond acceptors (Lipinski definition) is 6. The molecule has 0 fully saturated rings. The largest absolute Gasteiger partial charge is 0.407 e. The van der Waals surface area contributed by atoms with E-state index in [9.17, 15) is 0 Å². The Kier molecular flexibility index (Phi) is 5.93. The van der Waals surface area contributed by atoms with Gasteiger partial charge in [0.2, 0.25) is 5.89 Å². The third-order valence-electron chi connectivity index (χ3n) is 2.31. The molecular weight excluding hydrogens is 220 g/mol. The van der Waals surface area contributed by atoms with E-state index in [1.807, 2.05) is 11.8 Å². The molecule has 0 aliphatic heterocycles. The minimum absolute atomic E-state index is 0.0805. The van der Waals surface area contributed by atoms with Crippen LogP contribution in [0.1, 0.15) is 26.7 Å². The van der Waals surface area contributed by atoms with E-state index < -0.39 is 0 Å². The lowest BCUT2D eigenvalue weighted by Crippen LogP contribution is -2.26. The highest BCUT2D eigenvalue weighted by molar-refractivity contribution is 5.23. The predicted octanol–water partition coefficient (Wildman–Crippen LogP) is 0.634. The fraction of sp³-hybridized carbons (Fsp3) is 0.818. The first kappa shape index (κ1) is 13.9. The van der Waals surface area contributed by atoms with Crippen molar-refractivity contribution in [3.63, 3.8) is 0 Å². The van der Waals surface area contributed by atoms with Crippen LogP contribution in [0.5, 0.6) is 0 Å². The van der Waals surface area contributed by atoms with Crippen molar-refractivity contribution in [3.8, 4) is 0 Å². The summed E-state index contributed by atoms with van der Waals surface area (Å²) >= 11 is 0. The van der Waals surface area contributed by atoms with Gasteiger partial charge in [-0.3, -0.25) is 0 Å². The molecule has 1 aromatic rings. The van der Waals surface area contributed by atoms with Gasteiger partial charge in [0.1, 0.15) is 0 Å². The molecule has 6 heteroatoms. The molecule has 0 radical (unpaired) electrons. The molecule has 0 amide bonds. The Morgan fingerprint density at radius 1 is 1.41 bits per heavy atom. The van der Waals surface area contributed by atoms with Crippen LogP contribution in [-0.4, -0.2) is 41.5 Å². The highest BCUT2D eigenvalue weighted by Gasteiger charge is 2.12. The number of rotatable bonds is 8. The zero-order valence-corrected chi connectivity index (χ0v) is 10.8. The average Bonchev–Trinajstić information content (AvgIpc) is 2.74. The highest BCUT2D eigenvalue weighted by atomic mass is 16.4. The Bertz CT molecular complexity index is 314. The number of aromatic nitrogens is 2. The van der Waals surface area contributed by atoms with Crippen molar-refractivity contribution in [2.24, 2.45) is 5.92 Å². The Morgan fingerprint density at radius 3 is 2.76 bits per heavy atom. The summed E-state index contributed by atoms with van der Waals surface area (Å²) in [4.78, 5) is 1.85. The number of anilines is 1. The van der Waals surface area contributed by atoms with E-state index in [0.29, 0.717) is 30.9 Å². The average molecular weight is 242 g/mol. The first-order valence-electron chi connectivity index (χ1n) is 6.06. The van der Waals surface area contributed by atoms with Crippen molar-refractivity contribution in [1.29, 1.82) is 0 Å². The summed E-state index contributed by atoms with van der Waals surface area (Å²) in [6.45, 7) is 9.11. The fourth-order valence-electron chi connectivity index (χ4n) is 1.42. The molecule has 0 saturated carbocycles. The standard InChI is InChI=1S/C11H22N4O2/c1-4-15(5-6-16)11-14-13-10(17-11)8-12-7-9(2)3/h9,12,16H,4-8H2,1-3H3. The molecule has 17 heavy (non-hydrogen) atoms. The van der Waals surface area contributed by atoms with Gasteiger partial charge in [-0.15, -0.1) is 5.10 Å². The van der Waals surface area contributed by atoms with E-state index in [1.54, 1.807) is 0 Å². The monoisotopic (exact) mass is 242 g/mol. The molecule has 0 bridgehead atoms. The Labute approximate surface area is 102 Å². The van der Waals surface area contributed by atoms with Crippen LogP contribution in [0, 0.1) is 5.92 Å². The summed E-state index contributed by atoms with van der Waals surface area (Å²) < 4.78 is 5.50. The molecular formula is C11H22N4O2. The molecule has 0 saturated heterocycles. The van der Waals surface area contributed by atoms with Crippen molar-refractivity contribution in [1.82, 2.24) is 15.5 Å². The second-order valence-electron chi connectivity index (χ2n) is 4.31. The first-order chi connectivity index (χ1) is 8.17. The Hall–Kier alpha value is -1.14. The van der Waals surface area contributed by atoms with Crippen LogP contribution < -0.4 is 10.2 Å². The van der Waals surface area contributed by atoms with Gasteiger partial charge in [0, 0.05) is 13.1 Å². The van der Waals surface area contributed by atoms with Gasteiger partial charge >= 0.3 is 6.01 Å². The molecule has 6 nitrogen and oxygen atoms in total. The maximum Gasteiger partial charge on any atom is 0.318 e. The summed E-state index contributed by atoms with van der Waals surface area (Å²) in [6, 6.07) is 0.475. The van der Waals surface area contributed by atoms with Gasteiger partial charge < -0.3 is 19.7 Å². The van der Waals surface area contributed by atoms with Crippen LogP contribution in [0.25, 0.3) is 0 Å². The minimum Gasteiger partial charge on any atom is -0.407 e.